The first-order chi connectivity index (χ1) is 15.9. The third kappa shape index (κ3) is 5.07. The van der Waals surface area contributed by atoms with E-state index in [-0.39, 0.29) is 24.6 Å². The number of hydrogen-bond acceptors (Lipinski definition) is 5. The minimum Gasteiger partial charge on any atom is -0.490 e. The molecule has 1 N–H and O–H groups in total. The average Bonchev–Trinajstić information content (AvgIpc) is 2.82. The molecule has 0 radical (unpaired) electrons. The molecule has 3 aromatic rings. The number of para-hydroxylation sites is 3. The van der Waals surface area contributed by atoms with Gasteiger partial charge in [-0.15, -0.1) is 0 Å². The fourth-order valence-corrected chi connectivity index (χ4v) is 5.08. The normalized spacial score (nSPS) is 15.3. The Kier molecular flexibility index (Phi) is 6.76. The van der Waals surface area contributed by atoms with Gasteiger partial charge in [0.15, 0.2) is 6.10 Å². The molecular weight excluding hydrogens is 464 g/mol. The quantitative estimate of drug-likeness (QED) is 0.513. The van der Waals surface area contributed by atoms with Gasteiger partial charge in [-0.05, 0) is 43.3 Å². The van der Waals surface area contributed by atoms with E-state index >= 15 is 0 Å². The van der Waals surface area contributed by atoms with Crippen molar-refractivity contribution in [1.82, 2.24) is 5.32 Å². The number of aryl methyl sites for hydroxylation is 1. The average molecular weight is 487 g/mol. The lowest BCUT2D eigenvalue weighted by Gasteiger charge is -2.34. The van der Waals surface area contributed by atoms with Crippen molar-refractivity contribution in [1.29, 1.82) is 0 Å². The summed E-state index contributed by atoms with van der Waals surface area (Å²) < 4.78 is 39.4. The monoisotopic (exact) mass is 486 g/mol. The van der Waals surface area contributed by atoms with Crippen LogP contribution in [0.4, 0.5) is 5.69 Å². The summed E-state index contributed by atoms with van der Waals surface area (Å²) in [5.74, 6) is 0.412. The standard InChI is InChI=1S/C24H23ClN2O5S/c1-17-10-12-18(13-11-17)33(29,30)27-16-23(32-22-9-5-3-7-20(22)27)24(28)26-14-15-31-21-8-4-2-6-19(21)25/h2-13,23H,14-16H2,1H3,(H,26,28). The third-order valence-corrected chi connectivity index (χ3v) is 7.24. The van der Waals surface area contributed by atoms with Crippen LogP contribution in [0.25, 0.3) is 0 Å². The van der Waals surface area contributed by atoms with E-state index in [9.17, 15) is 13.2 Å². The topological polar surface area (TPSA) is 84.9 Å². The Morgan fingerprint density at radius 3 is 2.55 bits per heavy atom. The fraction of sp³-hybridized carbons (Fsp3) is 0.208. The van der Waals surface area contributed by atoms with Gasteiger partial charge in [0.05, 0.1) is 28.7 Å². The molecule has 0 bridgehead atoms. The van der Waals surface area contributed by atoms with E-state index < -0.39 is 22.0 Å². The Hall–Kier alpha value is -3.23. The van der Waals surface area contributed by atoms with Gasteiger partial charge in [-0.1, -0.05) is 53.6 Å². The number of carbonyl (C=O) groups is 1. The van der Waals surface area contributed by atoms with Crippen molar-refractivity contribution in [2.75, 3.05) is 24.0 Å². The zero-order valence-electron chi connectivity index (χ0n) is 17.9. The maximum Gasteiger partial charge on any atom is 0.264 e. The molecule has 1 unspecified atom stereocenters. The lowest BCUT2D eigenvalue weighted by atomic mass is 10.2. The minimum atomic E-state index is -3.89. The molecule has 4 rings (SSSR count). The summed E-state index contributed by atoms with van der Waals surface area (Å²) in [7, 11) is -3.89. The predicted octanol–water partition coefficient (Wildman–Crippen LogP) is 3.80. The van der Waals surface area contributed by atoms with Crippen LogP contribution in [0, 0.1) is 6.92 Å². The number of rotatable bonds is 7. The van der Waals surface area contributed by atoms with Gasteiger partial charge in [-0.3, -0.25) is 9.10 Å². The van der Waals surface area contributed by atoms with Crippen LogP contribution in [-0.2, 0) is 14.8 Å². The highest BCUT2D eigenvalue weighted by molar-refractivity contribution is 7.92. The number of ether oxygens (including phenoxy) is 2. The largest absolute Gasteiger partial charge is 0.490 e. The smallest absolute Gasteiger partial charge is 0.264 e. The summed E-state index contributed by atoms with van der Waals surface area (Å²) in [6.45, 7) is 2.14. The van der Waals surface area contributed by atoms with Crippen LogP contribution in [0.3, 0.4) is 0 Å². The Morgan fingerprint density at radius 2 is 1.79 bits per heavy atom. The lowest BCUT2D eigenvalue weighted by molar-refractivity contribution is -0.127. The molecule has 0 saturated carbocycles. The molecule has 0 aliphatic carbocycles. The Labute approximate surface area is 197 Å². The number of amides is 1. The van der Waals surface area contributed by atoms with Gasteiger partial charge in [0.1, 0.15) is 18.1 Å². The van der Waals surface area contributed by atoms with E-state index in [2.05, 4.69) is 5.32 Å². The van der Waals surface area contributed by atoms with Crippen molar-refractivity contribution >= 4 is 33.2 Å². The van der Waals surface area contributed by atoms with Gasteiger partial charge in [0.2, 0.25) is 0 Å². The minimum absolute atomic E-state index is 0.148. The van der Waals surface area contributed by atoms with Gasteiger partial charge < -0.3 is 14.8 Å². The molecule has 1 heterocycles. The summed E-state index contributed by atoms with van der Waals surface area (Å²) in [5.41, 5.74) is 1.34. The summed E-state index contributed by atoms with van der Waals surface area (Å²) >= 11 is 6.06. The Morgan fingerprint density at radius 1 is 1.09 bits per heavy atom. The number of hydrogen-bond donors (Lipinski definition) is 1. The Balaban J connectivity index is 1.47. The molecule has 1 atom stereocenters. The number of halogens is 1. The number of benzene rings is 3. The van der Waals surface area contributed by atoms with E-state index in [0.717, 1.165) is 5.56 Å². The van der Waals surface area contributed by atoms with Gasteiger partial charge in [0.25, 0.3) is 15.9 Å². The number of fused-ring (bicyclic) bond motifs is 1. The van der Waals surface area contributed by atoms with Crippen molar-refractivity contribution in [3.05, 3.63) is 83.4 Å². The van der Waals surface area contributed by atoms with Crippen molar-refractivity contribution in [3.63, 3.8) is 0 Å². The summed E-state index contributed by atoms with van der Waals surface area (Å²) in [6.07, 6.45) is -1.01. The third-order valence-electron chi connectivity index (χ3n) is 5.13. The zero-order chi connectivity index (χ0) is 23.4. The first-order valence-electron chi connectivity index (χ1n) is 10.4. The van der Waals surface area contributed by atoms with Crippen LogP contribution in [-0.4, -0.2) is 40.1 Å². The second-order valence-corrected chi connectivity index (χ2v) is 9.76. The maximum atomic E-state index is 13.4. The summed E-state index contributed by atoms with van der Waals surface area (Å²) in [6, 6.07) is 20.4. The SMILES string of the molecule is Cc1ccc(S(=O)(=O)N2CC(C(=O)NCCOc3ccccc3Cl)Oc3ccccc32)cc1. The van der Waals surface area contributed by atoms with E-state index in [1.807, 2.05) is 6.92 Å². The van der Waals surface area contributed by atoms with E-state index in [4.69, 9.17) is 21.1 Å². The van der Waals surface area contributed by atoms with E-state index in [0.29, 0.717) is 22.2 Å². The second kappa shape index (κ2) is 9.72. The van der Waals surface area contributed by atoms with Crippen LogP contribution >= 0.6 is 11.6 Å². The van der Waals surface area contributed by atoms with E-state index in [1.165, 1.54) is 4.31 Å². The molecule has 9 heteroatoms. The van der Waals surface area contributed by atoms with Crippen LogP contribution in [0.2, 0.25) is 5.02 Å². The molecule has 1 amide bonds. The van der Waals surface area contributed by atoms with Gasteiger partial charge >= 0.3 is 0 Å². The molecule has 1 aliphatic rings. The molecule has 172 valence electrons. The van der Waals surface area contributed by atoms with Crippen molar-refractivity contribution < 1.29 is 22.7 Å². The molecular formula is C24H23ClN2O5S. The number of anilines is 1. The first-order valence-corrected chi connectivity index (χ1v) is 12.2. The predicted molar refractivity (Wildman–Crippen MR) is 127 cm³/mol. The Bertz CT molecular complexity index is 1250. The molecule has 0 fully saturated rings. The first kappa shape index (κ1) is 22.9. The molecule has 0 saturated heterocycles. The van der Waals surface area contributed by atoms with Crippen LogP contribution < -0.4 is 19.1 Å². The van der Waals surface area contributed by atoms with Crippen LogP contribution in [0.15, 0.2) is 77.7 Å². The number of carbonyl (C=O) groups excluding carboxylic acids is 1. The van der Waals surface area contributed by atoms with E-state index in [1.54, 1.807) is 72.8 Å². The molecule has 1 aliphatic heterocycles. The van der Waals surface area contributed by atoms with Gasteiger partial charge in [-0.25, -0.2) is 8.42 Å². The highest BCUT2D eigenvalue weighted by Gasteiger charge is 2.37. The number of nitrogens with zero attached hydrogens (tertiary/aromatic N) is 1. The molecule has 0 aromatic heterocycles. The van der Waals surface area contributed by atoms with Crippen molar-refractivity contribution in [2.45, 2.75) is 17.9 Å². The van der Waals surface area contributed by atoms with Gasteiger partial charge in [-0.2, -0.15) is 0 Å². The number of sulfonamides is 1. The highest BCUT2D eigenvalue weighted by atomic mass is 35.5. The zero-order valence-corrected chi connectivity index (χ0v) is 19.5. The van der Waals surface area contributed by atoms with Crippen molar-refractivity contribution in [2.24, 2.45) is 0 Å². The van der Waals surface area contributed by atoms with Gasteiger partial charge in [0, 0.05) is 0 Å². The maximum absolute atomic E-state index is 13.4. The lowest BCUT2D eigenvalue weighted by Crippen LogP contribution is -2.51. The second-order valence-electron chi connectivity index (χ2n) is 7.49. The van der Waals surface area contributed by atoms with Crippen molar-refractivity contribution in [3.8, 4) is 11.5 Å². The number of nitrogens with one attached hydrogen (secondary N) is 1. The fourth-order valence-electron chi connectivity index (χ4n) is 3.41. The molecule has 3 aromatic carbocycles. The van der Waals surface area contributed by atoms with Crippen LogP contribution in [0.1, 0.15) is 5.56 Å². The summed E-state index contributed by atoms with van der Waals surface area (Å²) in [4.78, 5) is 13.0. The molecule has 7 nitrogen and oxygen atoms in total. The highest BCUT2D eigenvalue weighted by Crippen LogP contribution is 2.36. The molecule has 0 spiro atoms. The summed E-state index contributed by atoms with van der Waals surface area (Å²) in [5, 5.41) is 3.22. The molecule has 33 heavy (non-hydrogen) atoms. The van der Waals surface area contributed by atoms with Crippen LogP contribution in [0.5, 0.6) is 11.5 Å².